The summed E-state index contributed by atoms with van der Waals surface area (Å²) in [6.07, 6.45) is 0. The van der Waals surface area contributed by atoms with Gasteiger partial charge in [0.25, 0.3) is 0 Å². The fourth-order valence-corrected chi connectivity index (χ4v) is 20.9. The van der Waals surface area contributed by atoms with E-state index in [0.29, 0.717) is 0 Å². The third-order valence-electron chi connectivity index (χ3n) is 1.93. The summed E-state index contributed by atoms with van der Waals surface area (Å²) in [7, 11) is 0. The Labute approximate surface area is 121 Å². The molecule has 0 aromatic heterocycles. The van der Waals surface area contributed by atoms with Crippen molar-refractivity contribution in [3.05, 3.63) is 60.7 Å². The van der Waals surface area contributed by atoms with Crippen molar-refractivity contribution in [2.45, 2.75) is 0 Å². The zero-order chi connectivity index (χ0) is 12.1. The van der Waals surface area contributed by atoms with E-state index >= 15 is 0 Å². The Bertz CT molecular complexity index is 470. The molecule has 88 valence electrons. The van der Waals surface area contributed by atoms with E-state index in [1.165, 1.54) is 8.92 Å². The van der Waals surface area contributed by atoms with Crippen molar-refractivity contribution in [2.24, 2.45) is 0 Å². The van der Waals surface area contributed by atoms with Crippen LogP contribution in [-0.2, 0) is 4.57 Å². The van der Waals surface area contributed by atoms with Gasteiger partial charge < -0.3 is 0 Å². The van der Waals surface area contributed by atoms with Crippen molar-refractivity contribution in [2.75, 3.05) is 0 Å². The van der Waals surface area contributed by atoms with Crippen molar-refractivity contribution >= 4 is 56.7 Å². The minimum absolute atomic E-state index is 0.0735. The summed E-state index contributed by atoms with van der Waals surface area (Å²) in [5.74, 6) is 0. The van der Waals surface area contributed by atoms with Gasteiger partial charge in [0.05, 0.1) is 0 Å². The van der Waals surface area contributed by atoms with Gasteiger partial charge in [-0.05, 0) is 0 Å². The van der Waals surface area contributed by atoms with Crippen molar-refractivity contribution in [3.63, 3.8) is 0 Å². The average molecular weight is 439 g/mol. The van der Waals surface area contributed by atoms with E-state index in [1.54, 1.807) is 0 Å². The second-order valence-corrected chi connectivity index (χ2v) is 30.3. The first kappa shape index (κ1) is 13.7. The molecule has 0 amide bonds. The molecular formula is C12H11OPSe3. The van der Waals surface area contributed by atoms with Crippen LogP contribution in [0.15, 0.2) is 60.7 Å². The van der Waals surface area contributed by atoms with Crippen LogP contribution >= 0.6 is 3.21 Å². The predicted octanol–water partition coefficient (Wildman–Crippen LogP) is 1.05. The standard InChI is InChI=1S/C12H11OPSe3/c13-14(15,16-11-7-3-1-4-8-11)17-12-9-5-2-6-10-12/h1-10H,(H,13,15). The quantitative estimate of drug-likeness (QED) is 0.515. The van der Waals surface area contributed by atoms with Crippen LogP contribution < -0.4 is 8.92 Å². The molecule has 5 heteroatoms. The fraction of sp³-hybridized carbons (Fsp3) is 0. The molecule has 2 aromatic carbocycles. The summed E-state index contributed by atoms with van der Waals surface area (Å²) in [6.45, 7) is 0. The SMILES string of the molecule is O=P([SeH])([Se]c1ccccc1)[Se]c1ccccc1. The van der Waals surface area contributed by atoms with Crippen LogP contribution in [0.4, 0.5) is 0 Å². The maximum atomic E-state index is 12.6. The van der Waals surface area contributed by atoms with Crippen LogP contribution in [0.5, 0.6) is 0 Å². The van der Waals surface area contributed by atoms with Crippen LogP contribution in [0, 0.1) is 0 Å². The molecule has 0 fully saturated rings. The molecule has 0 atom stereocenters. The van der Waals surface area contributed by atoms with Crippen molar-refractivity contribution in [1.29, 1.82) is 0 Å². The topological polar surface area (TPSA) is 17.1 Å². The Kier molecular flexibility index (Phi) is 5.15. The molecular weight excluding hydrogens is 428 g/mol. The van der Waals surface area contributed by atoms with E-state index in [0.717, 1.165) is 0 Å². The van der Waals surface area contributed by atoms with Gasteiger partial charge in [-0.1, -0.05) is 0 Å². The molecule has 0 bridgehead atoms. The normalized spacial score (nSPS) is 11.4. The third kappa shape index (κ3) is 4.78. The number of benzene rings is 2. The van der Waals surface area contributed by atoms with E-state index in [4.69, 9.17) is 0 Å². The predicted molar refractivity (Wildman–Crippen MR) is 78.4 cm³/mol. The second kappa shape index (κ2) is 6.41. The number of hydrogen-bond acceptors (Lipinski definition) is 1. The molecule has 1 nitrogen and oxygen atoms in total. The second-order valence-electron chi connectivity index (χ2n) is 3.28. The van der Waals surface area contributed by atoms with E-state index in [9.17, 15) is 4.57 Å². The van der Waals surface area contributed by atoms with Crippen molar-refractivity contribution in [3.8, 4) is 0 Å². The van der Waals surface area contributed by atoms with Crippen LogP contribution in [0.2, 0.25) is 0 Å². The van der Waals surface area contributed by atoms with Gasteiger partial charge in [0, 0.05) is 0 Å². The molecule has 2 rings (SSSR count). The van der Waals surface area contributed by atoms with E-state index in [-0.39, 0.29) is 29.0 Å². The number of rotatable bonds is 4. The minimum atomic E-state index is -2.07. The van der Waals surface area contributed by atoms with Crippen molar-refractivity contribution < 1.29 is 4.57 Å². The van der Waals surface area contributed by atoms with Gasteiger partial charge in [0.1, 0.15) is 0 Å². The first-order valence-electron chi connectivity index (χ1n) is 4.98. The van der Waals surface area contributed by atoms with Gasteiger partial charge in [-0.3, -0.25) is 0 Å². The molecule has 0 aliphatic rings. The van der Waals surface area contributed by atoms with Crippen LogP contribution in [-0.4, -0.2) is 44.6 Å². The molecule has 0 radical (unpaired) electrons. The zero-order valence-corrected chi connectivity index (χ0v) is 15.1. The summed E-state index contributed by atoms with van der Waals surface area (Å²) in [5.41, 5.74) is 0. The Morgan fingerprint density at radius 3 is 1.47 bits per heavy atom. The van der Waals surface area contributed by atoms with E-state index < -0.39 is 3.21 Å². The molecule has 0 heterocycles. The molecule has 0 N–H and O–H groups in total. The molecule has 2 aromatic rings. The monoisotopic (exact) mass is 442 g/mol. The first-order valence-corrected chi connectivity index (χ1v) is 15.3. The maximum absolute atomic E-state index is 12.6. The first-order chi connectivity index (χ1) is 8.16. The summed E-state index contributed by atoms with van der Waals surface area (Å²) < 4.78 is 13.0. The van der Waals surface area contributed by atoms with Crippen LogP contribution in [0.3, 0.4) is 0 Å². The Hall–Kier alpha value is 0.228. The van der Waals surface area contributed by atoms with Gasteiger partial charge in [-0.2, -0.15) is 0 Å². The molecule has 0 saturated heterocycles. The molecule has 0 unspecified atom stereocenters. The molecule has 0 saturated carbocycles. The fourth-order valence-electron chi connectivity index (χ4n) is 1.25. The van der Waals surface area contributed by atoms with Gasteiger partial charge in [0.2, 0.25) is 0 Å². The van der Waals surface area contributed by atoms with Gasteiger partial charge in [-0.15, -0.1) is 0 Å². The Morgan fingerprint density at radius 1 is 0.765 bits per heavy atom. The Morgan fingerprint density at radius 2 is 1.12 bits per heavy atom. The Balaban J connectivity index is 2.07. The molecule has 0 aliphatic heterocycles. The third-order valence-corrected chi connectivity index (χ3v) is 19.7. The van der Waals surface area contributed by atoms with Crippen molar-refractivity contribution in [1.82, 2.24) is 0 Å². The summed E-state index contributed by atoms with van der Waals surface area (Å²) in [4.78, 5) is 0. The summed E-state index contributed by atoms with van der Waals surface area (Å²) in [6, 6.07) is 20.3. The van der Waals surface area contributed by atoms with Gasteiger partial charge >= 0.3 is 122 Å². The number of hydrogen-bond donors (Lipinski definition) is 0. The van der Waals surface area contributed by atoms with Crippen LogP contribution in [0.1, 0.15) is 0 Å². The molecule has 0 aliphatic carbocycles. The summed E-state index contributed by atoms with van der Waals surface area (Å²) >= 11 is 2.60. The van der Waals surface area contributed by atoms with Crippen LogP contribution in [0.25, 0.3) is 0 Å². The zero-order valence-electron chi connectivity index (χ0n) is 8.89. The summed E-state index contributed by atoms with van der Waals surface area (Å²) in [5, 5.41) is 0. The van der Waals surface area contributed by atoms with E-state index in [1.807, 2.05) is 36.4 Å². The molecule has 17 heavy (non-hydrogen) atoms. The van der Waals surface area contributed by atoms with Gasteiger partial charge in [-0.25, -0.2) is 0 Å². The average Bonchev–Trinajstić information content (AvgIpc) is 2.30. The van der Waals surface area contributed by atoms with E-state index in [2.05, 4.69) is 39.8 Å². The molecule has 0 spiro atoms. The van der Waals surface area contributed by atoms with Gasteiger partial charge in [0.15, 0.2) is 0 Å².